The first kappa shape index (κ1) is 18.1. The highest BCUT2D eigenvalue weighted by molar-refractivity contribution is 7.98. The molecule has 1 fully saturated rings. The lowest BCUT2D eigenvalue weighted by Gasteiger charge is -2.34. The second-order valence-corrected chi connectivity index (χ2v) is 7.26. The van der Waals surface area contributed by atoms with E-state index < -0.39 is 0 Å². The van der Waals surface area contributed by atoms with E-state index in [2.05, 4.69) is 40.3 Å². The lowest BCUT2D eigenvalue weighted by atomic mass is 10.1. The molecule has 1 amide bonds. The molecule has 2 rings (SSSR count). The van der Waals surface area contributed by atoms with Crippen LogP contribution in [0.3, 0.4) is 0 Å². The quantitative estimate of drug-likeness (QED) is 0.763. The molecule has 0 atom stereocenters. The van der Waals surface area contributed by atoms with Crippen molar-refractivity contribution in [2.24, 2.45) is 0 Å². The van der Waals surface area contributed by atoms with Crippen molar-refractivity contribution in [1.29, 1.82) is 0 Å². The molecule has 1 aromatic carbocycles. The summed E-state index contributed by atoms with van der Waals surface area (Å²) in [5.74, 6) is 1.47. The minimum atomic E-state index is 0.297. The van der Waals surface area contributed by atoms with E-state index in [-0.39, 0.29) is 0 Å². The summed E-state index contributed by atoms with van der Waals surface area (Å²) in [6.07, 6.45) is 3.59. The molecular formula is C18H29N3OS. The number of hydrogen-bond donors (Lipinski definition) is 0. The molecule has 4 nitrogen and oxygen atoms in total. The first-order valence-electron chi connectivity index (χ1n) is 8.35. The van der Waals surface area contributed by atoms with Crippen LogP contribution in [-0.4, -0.2) is 74.5 Å². The minimum Gasteiger partial charge on any atom is -0.378 e. The van der Waals surface area contributed by atoms with Gasteiger partial charge in [0.1, 0.15) is 0 Å². The van der Waals surface area contributed by atoms with Gasteiger partial charge in [-0.2, -0.15) is 11.8 Å². The standard InChI is InChI=1S/C18H29N3OS/c1-19(2)17-7-4-16(5-8-17)6-9-18(22)21-12-10-20(11-13-21)14-15-23-3/h4-5,7-8H,6,9-15H2,1-3H3. The number of amides is 1. The van der Waals surface area contributed by atoms with E-state index in [1.807, 2.05) is 30.8 Å². The fourth-order valence-corrected chi connectivity index (χ4v) is 3.25. The average molecular weight is 336 g/mol. The number of anilines is 1. The first-order chi connectivity index (χ1) is 11.1. The van der Waals surface area contributed by atoms with E-state index in [9.17, 15) is 4.79 Å². The maximum Gasteiger partial charge on any atom is 0.222 e. The molecule has 1 aromatic rings. The molecule has 0 bridgehead atoms. The molecular weight excluding hydrogens is 306 g/mol. The van der Waals surface area contributed by atoms with Crippen molar-refractivity contribution in [3.05, 3.63) is 29.8 Å². The van der Waals surface area contributed by atoms with Crippen LogP contribution in [0, 0.1) is 0 Å². The van der Waals surface area contributed by atoms with Crippen LogP contribution < -0.4 is 4.90 Å². The molecule has 1 aliphatic rings. The summed E-state index contributed by atoms with van der Waals surface area (Å²) in [6, 6.07) is 8.49. The molecule has 0 N–H and O–H groups in total. The molecule has 0 radical (unpaired) electrons. The molecule has 1 aliphatic heterocycles. The second-order valence-electron chi connectivity index (χ2n) is 6.28. The molecule has 1 heterocycles. The number of carbonyl (C=O) groups is 1. The Morgan fingerprint density at radius 2 is 1.78 bits per heavy atom. The average Bonchev–Trinajstić information content (AvgIpc) is 2.58. The van der Waals surface area contributed by atoms with Crippen molar-refractivity contribution in [2.75, 3.05) is 63.7 Å². The van der Waals surface area contributed by atoms with Gasteiger partial charge in [0.15, 0.2) is 0 Å². The van der Waals surface area contributed by atoms with Crippen LogP contribution >= 0.6 is 11.8 Å². The number of piperazine rings is 1. The monoisotopic (exact) mass is 335 g/mol. The number of nitrogens with zero attached hydrogens (tertiary/aromatic N) is 3. The zero-order chi connectivity index (χ0) is 16.7. The van der Waals surface area contributed by atoms with Crippen LogP contribution in [0.1, 0.15) is 12.0 Å². The Morgan fingerprint density at radius 1 is 1.13 bits per heavy atom. The third-order valence-electron chi connectivity index (χ3n) is 4.42. The van der Waals surface area contributed by atoms with Crippen molar-refractivity contribution in [3.8, 4) is 0 Å². The van der Waals surface area contributed by atoms with Gasteiger partial charge in [0.2, 0.25) is 5.91 Å². The Kier molecular flexibility index (Phi) is 7.24. The molecule has 0 aliphatic carbocycles. The van der Waals surface area contributed by atoms with E-state index in [0.29, 0.717) is 12.3 Å². The van der Waals surface area contributed by atoms with Crippen LogP contribution in [0.15, 0.2) is 24.3 Å². The number of rotatable bonds is 7. The zero-order valence-corrected chi connectivity index (χ0v) is 15.4. The van der Waals surface area contributed by atoms with Gasteiger partial charge in [-0.3, -0.25) is 9.69 Å². The number of carbonyl (C=O) groups excluding carboxylic acids is 1. The maximum absolute atomic E-state index is 12.4. The van der Waals surface area contributed by atoms with Gasteiger partial charge in [0.25, 0.3) is 0 Å². The molecule has 0 saturated carbocycles. The van der Waals surface area contributed by atoms with Gasteiger partial charge in [0, 0.05) is 64.7 Å². The fourth-order valence-electron chi connectivity index (χ4n) is 2.81. The predicted octanol–water partition coefficient (Wildman–Crippen LogP) is 2.19. The van der Waals surface area contributed by atoms with Gasteiger partial charge in [-0.1, -0.05) is 12.1 Å². The van der Waals surface area contributed by atoms with E-state index in [1.54, 1.807) is 0 Å². The van der Waals surface area contributed by atoms with Gasteiger partial charge in [-0.25, -0.2) is 0 Å². The van der Waals surface area contributed by atoms with Crippen molar-refractivity contribution in [3.63, 3.8) is 0 Å². The number of aryl methyl sites for hydroxylation is 1. The SMILES string of the molecule is CSCCN1CCN(C(=O)CCc2ccc(N(C)C)cc2)CC1. The highest BCUT2D eigenvalue weighted by Crippen LogP contribution is 2.14. The van der Waals surface area contributed by atoms with E-state index in [4.69, 9.17) is 0 Å². The summed E-state index contributed by atoms with van der Waals surface area (Å²) >= 11 is 1.89. The Hall–Kier alpha value is -1.20. The third-order valence-corrected chi connectivity index (χ3v) is 5.01. The molecule has 23 heavy (non-hydrogen) atoms. The zero-order valence-electron chi connectivity index (χ0n) is 14.6. The van der Waals surface area contributed by atoms with Gasteiger partial charge in [-0.15, -0.1) is 0 Å². The first-order valence-corrected chi connectivity index (χ1v) is 9.75. The summed E-state index contributed by atoms with van der Waals surface area (Å²) in [5, 5.41) is 0. The third kappa shape index (κ3) is 5.74. The van der Waals surface area contributed by atoms with Crippen molar-refractivity contribution >= 4 is 23.4 Å². The molecule has 0 unspecified atom stereocenters. The Morgan fingerprint density at radius 3 is 2.35 bits per heavy atom. The molecule has 5 heteroatoms. The van der Waals surface area contributed by atoms with Crippen LogP contribution in [-0.2, 0) is 11.2 Å². The van der Waals surface area contributed by atoms with E-state index in [0.717, 1.165) is 39.1 Å². The van der Waals surface area contributed by atoms with Crippen LogP contribution in [0.25, 0.3) is 0 Å². The minimum absolute atomic E-state index is 0.297. The molecule has 1 saturated heterocycles. The molecule has 0 spiro atoms. The van der Waals surface area contributed by atoms with E-state index in [1.165, 1.54) is 17.0 Å². The Labute approximate surface area is 144 Å². The predicted molar refractivity (Wildman–Crippen MR) is 100 cm³/mol. The Bertz CT molecular complexity index is 482. The fraction of sp³-hybridized carbons (Fsp3) is 0.611. The number of hydrogen-bond acceptors (Lipinski definition) is 4. The van der Waals surface area contributed by atoms with Gasteiger partial charge < -0.3 is 9.80 Å². The van der Waals surface area contributed by atoms with Gasteiger partial charge >= 0.3 is 0 Å². The van der Waals surface area contributed by atoms with Crippen LogP contribution in [0.4, 0.5) is 5.69 Å². The lowest BCUT2D eigenvalue weighted by Crippen LogP contribution is -2.49. The number of thioether (sulfide) groups is 1. The summed E-state index contributed by atoms with van der Waals surface area (Å²) < 4.78 is 0. The highest BCUT2D eigenvalue weighted by atomic mass is 32.2. The summed E-state index contributed by atoms with van der Waals surface area (Å²) in [4.78, 5) is 18.9. The molecule has 128 valence electrons. The van der Waals surface area contributed by atoms with Crippen LogP contribution in [0.2, 0.25) is 0 Å². The van der Waals surface area contributed by atoms with Crippen molar-refractivity contribution in [2.45, 2.75) is 12.8 Å². The largest absolute Gasteiger partial charge is 0.378 e. The maximum atomic E-state index is 12.4. The summed E-state index contributed by atoms with van der Waals surface area (Å²) in [5.41, 5.74) is 2.43. The normalized spacial score (nSPS) is 15.7. The van der Waals surface area contributed by atoms with Crippen LogP contribution in [0.5, 0.6) is 0 Å². The Balaban J connectivity index is 1.73. The van der Waals surface area contributed by atoms with E-state index >= 15 is 0 Å². The summed E-state index contributed by atoms with van der Waals surface area (Å²) in [7, 11) is 4.08. The lowest BCUT2D eigenvalue weighted by molar-refractivity contribution is -0.132. The highest BCUT2D eigenvalue weighted by Gasteiger charge is 2.20. The topological polar surface area (TPSA) is 26.8 Å². The smallest absolute Gasteiger partial charge is 0.222 e. The van der Waals surface area contributed by atoms with Gasteiger partial charge in [-0.05, 0) is 30.4 Å². The van der Waals surface area contributed by atoms with Crippen molar-refractivity contribution < 1.29 is 4.79 Å². The second kappa shape index (κ2) is 9.18. The van der Waals surface area contributed by atoms with Crippen molar-refractivity contribution in [1.82, 2.24) is 9.80 Å². The molecule has 0 aromatic heterocycles. The summed E-state index contributed by atoms with van der Waals surface area (Å²) in [6.45, 7) is 4.94. The number of benzene rings is 1. The van der Waals surface area contributed by atoms with Gasteiger partial charge in [0.05, 0.1) is 0 Å².